The van der Waals surface area contributed by atoms with E-state index in [1.54, 1.807) is 30.5 Å². The van der Waals surface area contributed by atoms with Crippen LogP contribution >= 0.6 is 0 Å². The Bertz CT molecular complexity index is 723. The van der Waals surface area contributed by atoms with Gasteiger partial charge in [-0.1, -0.05) is 12.1 Å². The number of nitrogens with one attached hydrogen (secondary N) is 1. The van der Waals surface area contributed by atoms with Gasteiger partial charge in [0.15, 0.2) is 0 Å². The molecule has 0 bridgehead atoms. The first-order valence-electron chi connectivity index (χ1n) is 5.93. The molecule has 0 radical (unpaired) electrons. The van der Waals surface area contributed by atoms with Gasteiger partial charge in [-0.15, -0.1) is 0 Å². The molecule has 4 N–H and O–H groups in total. The molecule has 0 saturated heterocycles. The molecule has 0 atom stereocenters. The van der Waals surface area contributed by atoms with E-state index in [1.807, 2.05) is 24.3 Å². The van der Waals surface area contributed by atoms with E-state index in [0.717, 1.165) is 28.0 Å². The summed E-state index contributed by atoms with van der Waals surface area (Å²) in [6.07, 6.45) is 1.72. The number of rotatable bonds is 2. The second-order valence-electron chi connectivity index (χ2n) is 4.27. The maximum atomic E-state index is 9.27. The first-order valence-corrected chi connectivity index (χ1v) is 5.93. The minimum absolute atomic E-state index is 0.237. The fourth-order valence-corrected chi connectivity index (χ4v) is 2.01. The number of nitrogen functional groups attached to an aromatic ring is 1. The normalized spacial score (nSPS) is 10.5. The third-order valence-corrected chi connectivity index (χ3v) is 2.97. The monoisotopic (exact) mass is 251 g/mol. The summed E-state index contributed by atoms with van der Waals surface area (Å²) < 4.78 is 0. The van der Waals surface area contributed by atoms with Gasteiger partial charge in [-0.3, -0.25) is 0 Å². The molecule has 0 unspecified atom stereocenters. The summed E-state index contributed by atoms with van der Waals surface area (Å²) in [5, 5.41) is 14.4. The van der Waals surface area contributed by atoms with E-state index < -0.39 is 0 Å². The summed E-state index contributed by atoms with van der Waals surface area (Å²) in [7, 11) is 0. The van der Waals surface area contributed by atoms with Crippen molar-refractivity contribution in [3.05, 3.63) is 54.7 Å². The van der Waals surface area contributed by atoms with Gasteiger partial charge in [-0.05, 0) is 36.4 Å². The van der Waals surface area contributed by atoms with E-state index in [0.29, 0.717) is 0 Å². The molecule has 3 aromatic rings. The van der Waals surface area contributed by atoms with Crippen molar-refractivity contribution in [1.29, 1.82) is 0 Å². The lowest BCUT2D eigenvalue weighted by Crippen LogP contribution is -1.95. The second-order valence-corrected chi connectivity index (χ2v) is 4.27. The van der Waals surface area contributed by atoms with Gasteiger partial charge in [-0.2, -0.15) is 0 Å². The number of aromatic nitrogens is 1. The number of phenolic OH excluding ortho intramolecular Hbond substituents is 1. The molecule has 0 aliphatic carbocycles. The molecule has 4 nitrogen and oxygen atoms in total. The molecule has 3 rings (SSSR count). The summed E-state index contributed by atoms with van der Waals surface area (Å²) >= 11 is 0. The Hall–Kier alpha value is -2.75. The Kier molecular flexibility index (Phi) is 2.68. The molecule has 0 saturated carbocycles. The zero-order valence-corrected chi connectivity index (χ0v) is 10.2. The maximum Gasteiger partial charge on any atom is 0.138 e. The van der Waals surface area contributed by atoms with Crippen LogP contribution in [0.4, 0.5) is 17.2 Å². The predicted octanol–water partition coefficient (Wildman–Crippen LogP) is 3.27. The van der Waals surface area contributed by atoms with E-state index in [4.69, 9.17) is 5.73 Å². The number of pyridine rings is 1. The molecule has 0 aliphatic rings. The van der Waals surface area contributed by atoms with Crippen LogP contribution in [0.25, 0.3) is 10.8 Å². The summed E-state index contributed by atoms with van der Waals surface area (Å²) in [5.74, 6) is 0.983. The third-order valence-electron chi connectivity index (χ3n) is 2.97. The van der Waals surface area contributed by atoms with Gasteiger partial charge in [0, 0.05) is 28.3 Å². The number of phenols is 1. The topological polar surface area (TPSA) is 71.2 Å². The highest BCUT2D eigenvalue weighted by Crippen LogP contribution is 2.28. The molecule has 94 valence electrons. The summed E-state index contributed by atoms with van der Waals surface area (Å²) in [6.45, 7) is 0. The Labute approximate surface area is 110 Å². The number of fused-ring (bicyclic) bond motifs is 1. The summed E-state index contributed by atoms with van der Waals surface area (Å²) in [6, 6.07) is 14.5. The van der Waals surface area contributed by atoms with E-state index in [2.05, 4.69) is 10.3 Å². The summed E-state index contributed by atoms with van der Waals surface area (Å²) in [4.78, 5) is 4.34. The van der Waals surface area contributed by atoms with Crippen LogP contribution in [-0.2, 0) is 0 Å². The highest BCUT2D eigenvalue weighted by molar-refractivity contribution is 5.99. The quantitative estimate of drug-likeness (QED) is 0.483. The minimum atomic E-state index is 0.237. The van der Waals surface area contributed by atoms with Crippen LogP contribution in [0.1, 0.15) is 0 Å². The number of benzene rings is 2. The molecule has 0 aliphatic heterocycles. The van der Waals surface area contributed by atoms with Crippen molar-refractivity contribution in [2.24, 2.45) is 0 Å². The molecular weight excluding hydrogens is 238 g/mol. The van der Waals surface area contributed by atoms with Crippen LogP contribution in [-0.4, -0.2) is 10.1 Å². The van der Waals surface area contributed by atoms with Crippen molar-refractivity contribution in [2.45, 2.75) is 0 Å². The third kappa shape index (κ3) is 2.15. The Balaban J connectivity index is 2.06. The lowest BCUT2D eigenvalue weighted by atomic mass is 10.1. The fourth-order valence-electron chi connectivity index (χ4n) is 2.01. The molecular formula is C15H13N3O. The molecule has 0 spiro atoms. The van der Waals surface area contributed by atoms with Gasteiger partial charge < -0.3 is 16.2 Å². The van der Waals surface area contributed by atoms with Crippen LogP contribution in [0.2, 0.25) is 0 Å². The maximum absolute atomic E-state index is 9.27. The predicted molar refractivity (Wildman–Crippen MR) is 77.5 cm³/mol. The average molecular weight is 251 g/mol. The zero-order valence-electron chi connectivity index (χ0n) is 10.2. The Morgan fingerprint density at radius 2 is 1.74 bits per heavy atom. The van der Waals surface area contributed by atoms with Crippen molar-refractivity contribution in [3.8, 4) is 5.75 Å². The van der Waals surface area contributed by atoms with Crippen LogP contribution in [0.15, 0.2) is 54.7 Å². The lowest BCUT2D eigenvalue weighted by molar-refractivity contribution is 0.475. The number of hydrogen-bond acceptors (Lipinski definition) is 4. The molecule has 2 aromatic carbocycles. The number of nitrogens with zero attached hydrogens (tertiary/aromatic N) is 1. The van der Waals surface area contributed by atoms with E-state index >= 15 is 0 Å². The highest BCUT2D eigenvalue weighted by atomic mass is 16.3. The van der Waals surface area contributed by atoms with E-state index in [1.165, 1.54) is 0 Å². The minimum Gasteiger partial charge on any atom is -0.508 e. The smallest absolute Gasteiger partial charge is 0.138 e. The van der Waals surface area contributed by atoms with Crippen molar-refractivity contribution < 1.29 is 5.11 Å². The van der Waals surface area contributed by atoms with Crippen LogP contribution in [0.5, 0.6) is 5.75 Å². The molecule has 19 heavy (non-hydrogen) atoms. The first-order chi connectivity index (χ1) is 9.24. The first kappa shape index (κ1) is 11.3. The van der Waals surface area contributed by atoms with Gasteiger partial charge in [0.1, 0.15) is 11.6 Å². The number of anilines is 3. The molecule has 1 heterocycles. The Morgan fingerprint density at radius 3 is 2.53 bits per heavy atom. The van der Waals surface area contributed by atoms with E-state index in [9.17, 15) is 5.11 Å². The fraction of sp³-hybridized carbons (Fsp3) is 0. The van der Waals surface area contributed by atoms with Crippen molar-refractivity contribution >= 4 is 28.0 Å². The number of nitrogens with two attached hydrogens (primary N) is 1. The van der Waals surface area contributed by atoms with Crippen molar-refractivity contribution in [1.82, 2.24) is 4.98 Å². The second kappa shape index (κ2) is 4.49. The van der Waals surface area contributed by atoms with Gasteiger partial charge in [0.05, 0.1) is 0 Å². The van der Waals surface area contributed by atoms with Gasteiger partial charge in [-0.25, -0.2) is 4.98 Å². The van der Waals surface area contributed by atoms with Crippen LogP contribution in [0.3, 0.4) is 0 Å². The van der Waals surface area contributed by atoms with Gasteiger partial charge >= 0.3 is 0 Å². The van der Waals surface area contributed by atoms with Crippen LogP contribution in [0, 0.1) is 0 Å². The molecule has 1 aromatic heterocycles. The van der Waals surface area contributed by atoms with E-state index in [-0.39, 0.29) is 5.75 Å². The summed E-state index contributed by atoms with van der Waals surface area (Å²) in [5.41, 5.74) is 7.54. The number of aromatic hydroxyl groups is 1. The van der Waals surface area contributed by atoms with Gasteiger partial charge in [0.25, 0.3) is 0 Å². The standard InChI is InChI=1S/C15H13N3O/c16-14-3-1-2-13-12(14)8-9-17-15(13)18-10-4-6-11(19)7-5-10/h1-9,19H,16H2,(H,17,18). The van der Waals surface area contributed by atoms with Gasteiger partial charge in [0.2, 0.25) is 0 Å². The average Bonchev–Trinajstić information content (AvgIpc) is 2.43. The van der Waals surface area contributed by atoms with Crippen molar-refractivity contribution in [2.75, 3.05) is 11.1 Å². The largest absolute Gasteiger partial charge is 0.508 e. The molecule has 4 heteroatoms. The Morgan fingerprint density at radius 1 is 0.947 bits per heavy atom. The zero-order chi connectivity index (χ0) is 13.2. The number of hydrogen-bond donors (Lipinski definition) is 3. The SMILES string of the molecule is Nc1cccc2c(Nc3ccc(O)cc3)nccc12. The molecule has 0 amide bonds. The van der Waals surface area contributed by atoms with Crippen molar-refractivity contribution in [3.63, 3.8) is 0 Å². The molecule has 0 fully saturated rings. The van der Waals surface area contributed by atoms with Crippen LogP contribution < -0.4 is 11.1 Å². The lowest BCUT2D eigenvalue weighted by Gasteiger charge is -2.09. The highest BCUT2D eigenvalue weighted by Gasteiger charge is 2.04.